The van der Waals surface area contributed by atoms with Crippen LogP contribution in [0.25, 0.3) is 0 Å². The molecule has 0 aliphatic rings. The van der Waals surface area contributed by atoms with Crippen LogP contribution >= 0.6 is 0 Å². The Morgan fingerprint density at radius 2 is 1.70 bits per heavy atom. The fourth-order valence-corrected chi connectivity index (χ4v) is 2.71. The van der Waals surface area contributed by atoms with E-state index in [0.717, 1.165) is 31.2 Å². The third-order valence-corrected chi connectivity index (χ3v) is 4.35. The van der Waals surface area contributed by atoms with Crippen molar-refractivity contribution < 1.29 is 14.3 Å². The van der Waals surface area contributed by atoms with Crippen LogP contribution in [0.3, 0.4) is 0 Å². The first-order valence-corrected chi connectivity index (χ1v) is 9.35. The highest BCUT2D eigenvalue weighted by atomic mass is 16.5. The van der Waals surface area contributed by atoms with Crippen molar-refractivity contribution in [3.05, 3.63) is 59.7 Å². The summed E-state index contributed by atoms with van der Waals surface area (Å²) in [6, 6.07) is 16.0. The molecule has 0 bridgehead atoms. The maximum atomic E-state index is 12.1. The van der Waals surface area contributed by atoms with Crippen LogP contribution in [0.5, 0.6) is 5.75 Å². The van der Waals surface area contributed by atoms with E-state index in [4.69, 9.17) is 10.5 Å². The average molecular weight is 368 g/mol. The van der Waals surface area contributed by atoms with Gasteiger partial charge < -0.3 is 15.8 Å². The summed E-state index contributed by atoms with van der Waals surface area (Å²) in [6.45, 7) is 3.35. The zero-order chi connectivity index (χ0) is 19.6. The van der Waals surface area contributed by atoms with E-state index >= 15 is 0 Å². The van der Waals surface area contributed by atoms with Gasteiger partial charge in [-0.25, -0.2) is 0 Å². The predicted molar refractivity (Wildman–Crippen MR) is 108 cm³/mol. The molecule has 27 heavy (non-hydrogen) atoms. The molecule has 0 saturated heterocycles. The molecule has 0 fully saturated rings. The van der Waals surface area contributed by atoms with Crippen molar-refractivity contribution in [3.63, 3.8) is 0 Å². The van der Waals surface area contributed by atoms with Crippen LogP contribution in [-0.2, 0) is 22.4 Å². The number of unbranched alkanes of at least 4 members (excludes halogenated alkanes) is 1. The monoisotopic (exact) mass is 368 g/mol. The number of ether oxygens (including phenoxy) is 1. The van der Waals surface area contributed by atoms with Crippen LogP contribution in [0, 0.1) is 5.92 Å². The van der Waals surface area contributed by atoms with Gasteiger partial charge in [0, 0.05) is 13.5 Å². The lowest BCUT2D eigenvalue weighted by atomic mass is 10.0. The highest BCUT2D eigenvalue weighted by Gasteiger charge is 2.16. The van der Waals surface area contributed by atoms with Crippen molar-refractivity contribution in [3.8, 4) is 5.75 Å². The summed E-state index contributed by atoms with van der Waals surface area (Å²) in [5.41, 5.74) is 8.43. The molecule has 0 aromatic heterocycles. The Kier molecular flexibility index (Phi) is 8.01. The Hall–Kier alpha value is -2.66. The van der Waals surface area contributed by atoms with Gasteiger partial charge in [0.25, 0.3) is 0 Å². The molecular weight excluding hydrogens is 340 g/mol. The first kappa shape index (κ1) is 20.6. The Morgan fingerprint density at radius 1 is 1.04 bits per heavy atom. The molecule has 0 spiro atoms. The minimum atomic E-state index is -0.398. The summed E-state index contributed by atoms with van der Waals surface area (Å²) in [4.78, 5) is 23.5. The molecule has 0 saturated carbocycles. The zero-order valence-corrected chi connectivity index (χ0v) is 16.0. The molecule has 2 rings (SSSR count). The number of nitrogens with two attached hydrogens (primary N) is 1. The van der Waals surface area contributed by atoms with E-state index in [0.29, 0.717) is 11.4 Å². The summed E-state index contributed by atoms with van der Waals surface area (Å²) in [6.07, 6.45) is 4.03. The van der Waals surface area contributed by atoms with E-state index in [-0.39, 0.29) is 12.5 Å². The largest absolute Gasteiger partial charge is 0.424 e. The minimum Gasteiger partial charge on any atom is -0.424 e. The fourth-order valence-electron chi connectivity index (χ4n) is 2.71. The second-order valence-corrected chi connectivity index (χ2v) is 6.76. The highest BCUT2D eigenvalue weighted by molar-refractivity contribution is 5.91. The second-order valence-electron chi connectivity index (χ2n) is 6.76. The predicted octanol–water partition coefficient (Wildman–Crippen LogP) is 3.71. The van der Waals surface area contributed by atoms with Crippen LogP contribution in [0.2, 0.25) is 0 Å². The molecule has 5 nitrogen and oxygen atoms in total. The summed E-state index contributed by atoms with van der Waals surface area (Å²) < 4.78 is 5.48. The lowest BCUT2D eigenvalue weighted by Crippen LogP contribution is -2.25. The molecule has 0 heterocycles. The molecule has 144 valence electrons. The molecule has 2 aromatic rings. The quantitative estimate of drug-likeness (QED) is 0.402. The summed E-state index contributed by atoms with van der Waals surface area (Å²) in [7, 11) is 0. The number of carbonyl (C=O) groups is 2. The van der Waals surface area contributed by atoms with Crippen molar-refractivity contribution in [1.82, 2.24) is 0 Å². The third kappa shape index (κ3) is 6.87. The van der Waals surface area contributed by atoms with Crippen LogP contribution in [0.4, 0.5) is 5.69 Å². The smallest absolute Gasteiger partial charge is 0.315 e. The molecule has 1 amide bonds. The van der Waals surface area contributed by atoms with E-state index in [1.807, 2.05) is 18.2 Å². The number of anilines is 1. The SMILES string of the molecule is CC(=O)Nc1ccc(CCCCc2ccccc2)cc1OC(=O)C(C)CN. The number of carbonyl (C=O) groups excluding carboxylic acids is 2. The zero-order valence-electron chi connectivity index (χ0n) is 16.0. The van der Waals surface area contributed by atoms with Crippen LogP contribution in [0.1, 0.15) is 37.8 Å². The number of benzene rings is 2. The molecule has 1 unspecified atom stereocenters. The number of aryl methyl sites for hydroxylation is 2. The standard InChI is InChI=1S/C22H28N2O3/c1-16(15-23)22(26)27-21-14-19(12-13-20(21)24-17(2)25)11-7-6-10-18-8-4-3-5-9-18/h3-5,8-9,12-14,16H,6-7,10-11,15,23H2,1-2H3,(H,24,25). The van der Waals surface area contributed by atoms with Crippen LogP contribution in [0.15, 0.2) is 48.5 Å². The Bertz CT molecular complexity index is 759. The van der Waals surface area contributed by atoms with Gasteiger partial charge in [-0.2, -0.15) is 0 Å². The first-order valence-electron chi connectivity index (χ1n) is 9.35. The molecule has 3 N–H and O–H groups in total. The average Bonchev–Trinajstić information content (AvgIpc) is 2.66. The van der Waals surface area contributed by atoms with Crippen molar-refractivity contribution in [2.24, 2.45) is 11.7 Å². The molecular formula is C22H28N2O3. The van der Waals surface area contributed by atoms with Gasteiger partial charge in [-0.15, -0.1) is 0 Å². The van der Waals surface area contributed by atoms with E-state index < -0.39 is 11.9 Å². The summed E-state index contributed by atoms with van der Waals surface area (Å²) in [5, 5.41) is 2.70. The molecule has 1 atom stereocenters. The third-order valence-electron chi connectivity index (χ3n) is 4.35. The van der Waals surface area contributed by atoms with Crippen molar-refractivity contribution in [1.29, 1.82) is 0 Å². The fraction of sp³-hybridized carbons (Fsp3) is 0.364. The number of amides is 1. The second kappa shape index (κ2) is 10.5. The highest BCUT2D eigenvalue weighted by Crippen LogP contribution is 2.27. The van der Waals surface area contributed by atoms with Gasteiger partial charge in [-0.1, -0.05) is 43.3 Å². The lowest BCUT2D eigenvalue weighted by Gasteiger charge is -2.14. The van der Waals surface area contributed by atoms with E-state index in [1.54, 1.807) is 13.0 Å². The maximum absolute atomic E-state index is 12.1. The van der Waals surface area contributed by atoms with E-state index in [1.165, 1.54) is 12.5 Å². The molecule has 0 aliphatic heterocycles. The Labute approximate surface area is 160 Å². The van der Waals surface area contributed by atoms with Crippen LogP contribution in [-0.4, -0.2) is 18.4 Å². The normalized spacial score (nSPS) is 11.7. The van der Waals surface area contributed by atoms with Gasteiger partial charge in [-0.05, 0) is 48.9 Å². The van der Waals surface area contributed by atoms with Crippen LogP contribution < -0.4 is 15.8 Å². The van der Waals surface area contributed by atoms with Gasteiger partial charge >= 0.3 is 5.97 Å². The Morgan fingerprint density at radius 3 is 2.33 bits per heavy atom. The molecule has 2 aromatic carbocycles. The molecule has 0 radical (unpaired) electrons. The van der Waals surface area contributed by atoms with Gasteiger partial charge in [-0.3, -0.25) is 9.59 Å². The number of hydrogen-bond donors (Lipinski definition) is 2. The van der Waals surface area contributed by atoms with Crippen molar-refractivity contribution in [2.45, 2.75) is 39.5 Å². The summed E-state index contributed by atoms with van der Waals surface area (Å²) in [5.74, 6) is -0.638. The van der Waals surface area contributed by atoms with Gasteiger partial charge in [0.05, 0.1) is 11.6 Å². The molecule has 5 heteroatoms. The molecule has 0 aliphatic carbocycles. The Balaban J connectivity index is 2.00. The topological polar surface area (TPSA) is 81.4 Å². The van der Waals surface area contributed by atoms with E-state index in [9.17, 15) is 9.59 Å². The van der Waals surface area contributed by atoms with Crippen molar-refractivity contribution >= 4 is 17.6 Å². The minimum absolute atomic E-state index is 0.213. The van der Waals surface area contributed by atoms with Gasteiger partial charge in [0.15, 0.2) is 5.75 Å². The number of esters is 1. The summed E-state index contributed by atoms with van der Waals surface area (Å²) >= 11 is 0. The van der Waals surface area contributed by atoms with Gasteiger partial charge in [0.1, 0.15) is 0 Å². The van der Waals surface area contributed by atoms with Crippen molar-refractivity contribution in [2.75, 3.05) is 11.9 Å². The number of nitrogens with one attached hydrogen (secondary N) is 1. The first-order chi connectivity index (χ1) is 13.0. The van der Waals surface area contributed by atoms with E-state index in [2.05, 4.69) is 29.6 Å². The maximum Gasteiger partial charge on any atom is 0.315 e. The number of hydrogen-bond acceptors (Lipinski definition) is 4. The number of rotatable bonds is 9. The lowest BCUT2D eigenvalue weighted by molar-refractivity contribution is -0.138. The van der Waals surface area contributed by atoms with Gasteiger partial charge in [0.2, 0.25) is 5.91 Å².